The summed E-state index contributed by atoms with van der Waals surface area (Å²) in [6.07, 6.45) is 3.01. The van der Waals surface area contributed by atoms with Crippen LogP contribution in [0.4, 0.5) is 0 Å². The molecule has 0 aromatic heterocycles. The lowest BCUT2D eigenvalue weighted by Gasteiger charge is -2.40. The molecule has 0 aliphatic heterocycles. The summed E-state index contributed by atoms with van der Waals surface area (Å²) in [5.41, 5.74) is 3.00. The van der Waals surface area contributed by atoms with Gasteiger partial charge in [-0.1, -0.05) is 91.0 Å². The lowest BCUT2D eigenvalue weighted by atomic mass is 9.76. The minimum atomic E-state index is -0.518. The third-order valence-corrected chi connectivity index (χ3v) is 5.58. The molecule has 0 aliphatic rings. The minimum absolute atomic E-state index is 0.00179. The van der Waals surface area contributed by atoms with E-state index >= 15 is 0 Å². The van der Waals surface area contributed by atoms with Gasteiger partial charge >= 0.3 is 0 Å². The summed E-state index contributed by atoms with van der Waals surface area (Å²) in [6.45, 7) is 0.106. The van der Waals surface area contributed by atoms with Gasteiger partial charge in [-0.25, -0.2) is 0 Å². The van der Waals surface area contributed by atoms with Gasteiger partial charge in [-0.3, -0.25) is 5.32 Å². The summed E-state index contributed by atoms with van der Waals surface area (Å²) in [6, 6.07) is 31.6. The van der Waals surface area contributed by atoms with Crippen molar-refractivity contribution in [2.75, 3.05) is 18.6 Å². The van der Waals surface area contributed by atoms with Crippen molar-refractivity contribution in [2.45, 2.75) is 18.0 Å². The standard InChI is InChI=1S/C24H27NOS/c1-27-18-17-23(19-26)25-24(20-11-5-2-6-12-20,21-13-7-3-8-14-21)22-15-9-4-10-16-22/h2-16,23,25-26H,17-19H2,1H3. The summed E-state index contributed by atoms with van der Waals surface area (Å²) in [7, 11) is 0. The molecule has 2 N–H and O–H groups in total. The molecule has 0 saturated carbocycles. The van der Waals surface area contributed by atoms with E-state index in [0.717, 1.165) is 12.2 Å². The second kappa shape index (κ2) is 9.75. The molecule has 1 unspecified atom stereocenters. The van der Waals surface area contributed by atoms with Crippen molar-refractivity contribution >= 4 is 11.8 Å². The van der Waals surface area contributed by atoms with Crippen molar-refractivity contribution in [3.63, 3.8) is 0 Å². The van der Waals surface area contributed by atoms with E-state index in [1.165, 1.54) is 16.7 Å². The molecule has 2 nitrogen and oxygen atoms in total. The van der Waals surface area contributed by atoms with E-state index in [4.69, 9.17) is 0 Å². The summed E-state index contributed by atoms with van der Waals surface area (Å²) >= 11 is 1.81. The summed E-state index contributed by atoms with van der Waals surface area (Å²) in [5, 5.41) is 13.9. The first kappa shape index (κ1) is 19.7. The van der Waals surface area contributed by atoms with Crippen LogP contribution in [0.1, 0.15) is 23.1 Å². The lowest BCUT2D eigenvalue weighted by Crippen LogP contribution is -2.51. The molecule has 0 spiro atoms. The number of hydrogen-bond acceptors (Lipinski definition) is 3. The highest BCUT2D eigenvalue weighted by Crippen LogP contribution is 2.37. The van der Waals surface area contributed by atoms with Crippen molar-refractivity contribution in [3.8, 4) is 0 Å². The number of aliphatic hydroxyl groups excluding tert-OH is 1. The molecule has 0 heterocycles. The van der Waals surface area contributed by atoms with E-state index in [-0.39, 0.29) is 12.6 Å². The molecule has 0 bridgehead atoms. The Kier molecular flexibility index (Phi) is 7.11. The van der Waals surface area contributed by atoms with Gasteiger partial charge < -0.3 is 5.11 Å². The van der Waals surface area contributed by atoms with E-state index in [1.807, 2.05) is 30.0 Å². The number of rotatable bonds is 9. The van der Waals surface area contributed by atoms with Gasteiger partial charge in [0.15, 0.2) is 0 Å². The van der Waals surface area contributed by atoms with Gasteiger partial charge in [0.05, 0.1) is 12.1 Å². The van der Waals surface area contributed by atoms with E-state index in [1.54, 1.807) is 0 Å². The largest absolute Gasteiger partial charge is 0.395 e. The maximum Gasteiger partial charge on any atom is 0.0950 e. The van der Waals surface area contributed by atoms with Crippen LogP contribution in [0.25, 0.3) is 0 Å². The Morgan fingerprint density at radius 3 is 1.52 bits per heavy atom. The highest BCUT2D eigenvalue weighted by atomic mass is 32.2. The molecule has 0 fully saturated rings. The Labute approximate surface area is 166 Å². The zero-order valence-electron chi connectivity index (χ0n) is 15.7. The van der Waals surface area contributed by atoms with Crippen LogP contribution < -0.4 is 5.32 Å². The first-order valence-electron chi connectivity index (χ1n) is 9.35. The zero-order chi connectivity index (χ0) is 19.0. The van der Waals surface area contributed by atoms with Gasteiger partial charge in [0.25, 0.3) is 0 Å². The second-order valence-corrected chi connectivity index (χ2v) is 7.64. The Bertz CT molecular complexity index is 696. The molecule has 140 valence electrons. The van der Waals surface area contributed by atoms with Crippen LogP contribution in [-0.4, -0.2) is 29.8 Å². The average Bonchev–Trinajstić information content (AvgIpc) is 2.76. The number of aliphatic hydroxyl groups is 1. The molecule has 0 aliphatic carbocycles. The molecule has 3 heteroatoms. The molecule has 27 heavy (non-hydrogen) atoms. The monoisotopic (exact) mass is 377 g/mol. The molecule has 0 radical (unpaired) electrons. The number of nitrogens with one attached hydrogen (secondary N) is 1. The molecule has 0 amide bonds. The van der Waals surface area contributed by atoms with Gasteiger partial charge in [-0.15, -0.1) is 0 Å². The van der Waals surface area contributed by atoms with Crippen molar-refractivity contribution < 1.29 is 5.11 Å². The van der Waals surface area contributed by atoms with E-state index in [2.05, 4.69) is 84.4 Å². The lowest BCUT2D eigenvalue weighted by molar-refractivity contribution is 0.219. The molecular formula is C24H27NOS. The molecule has 1 atom stereocenters. The van der Waals surface area contributed by atoms with Crippen LogP contribution in [0, 0.1) is 0 Å². The van der Waals surface area contributed by atoms with Gasteiger partial charge in [0, 0.05) is 6.04 Å². The van der Waals surface area contributed by atoms with E-state index in [9.17, 15) is 5.11 Å². The summed E-state index contributed by atoms with van der Waals surface area (Å²) < 4.78 is 0. The first-order valence-corrected chi connectivity index (χ1v) is 10.7. The quantitative estimate of drug-likeness (QED) is 0.531. The molecule has 3 aromatic rings. The zero-order valence-corrected chi connectivity index (χ0v) is 16.5. The fourth-order valence-electron chi connectivity index (χ4n) is 3.59. The molecule has 0 saturated heterocycles. The van der Waals surface area contributed by atoms with Gasteiger partial charge in [-0.05, 0) is 35.1 Å². The van der Waals surface area contributed by atoms with Crippen LogP contribution in [-0.2, 0) is 5.54 Å². The first-order chi connectivity index (χ1) is 13.3. The number of thioether (sulfide) groups is 1. The topological polar surface area (TPSA) is 32.3 Å². The maximum atomic E-state index is 10.1. The molecule has 3 rings (SSSR count). The Hall–Kier alpha value is -2.07. The van der Waals surface area contributed by atoms with Crippen molar-refractivity contribution in [1.29, 1.82) is 0 Å². The fourth-order valence-corrected chi connectivity index (χ4v) is 4.11. The average molecular weight is 378 g/mol. The van der Waals surface area contributed by atoms with E-state index in [0.29, 0.717) is 0 Å². The van der Waals surface area contributed by atoms with E-state index < -0.39 is 5.54 Å². The van der Waals surface area contributed by atoms with Gasteiger partial charge in [0.2, 0.25) is 0 Å². The van der Waals surface area contributed by atoms with Crippen molar-refractivity contribution in [1.82, 2.24) is 5.32 Å². The SMILES string of the molecule is CSCCC(CO)NC(c1ccccc1)(c1ccccc1)c1ccccc1. The van der Waals surface area contributed by atoms with Crippen LogP contribution in [0.5, 0.6) is 0 Å². The normalized spacial score (nSPS) is 12.7. The van der Waals surface area contributed by atoms with Gasteiger partial charge in [0.1, 0.15) is 0 Å². The van der Waals surface area contributed by atoms with Crippen LogP contribution in [0.3, 0.4) is 0 Å². The second-order valence-electron chi connectivity index (χ2n) is 6.65. The predicted molar refractivity (Wildman–Crippen MR) is 116 cm³/mol. The Morgan fingerprint density at radius 1 is 0.778 bits per heavy atom. The third-order valence-electron chi connectivity index (χ3n) is 4.93. The van der Waals surface area contributed by atoms with Crippen LogP contribution in [0.2, 0.25) is 0 Å². The third kappa shape index (κ3) is 4.44. The highest BCUT2D eigenvalue weighted by Gasteiger charge is 2.37. The highest BCUT2D eigenvalue weighted by molar-refractivity contribution is 7.98. The van der Waals surface area contributed by atoms with Gasteiger partial charge in [-0.2, -0.15) is 11.8 Å². The Balaban J connectivity index is 2.19. The Morgan fingerprint density at radius 2 is 1.19 bits per heavy atom. The molecular weight excluding hydrogens is 350 g/mol. The predicted octanol–water partition coefficient (Wildman–Crippen LogP) is 4.68. The van der Waals surface area contributed by atoms with Crippen molar-refractivity contribution in [2.24, 2.45) is 0 Å². The molecule has 3 aromatic carbocycles. The summed E-state index contributed by atoms with van der Waals surface area (Å²) in [5.74, 6) is 1.01. The number of hydrogen-bond donors (Lipinski definition) is 2. The van der Waals surface area contributed by atoms with Crippen molar-refractivity contribution in [3.05, 3.63) is 108 Å². The minimum Gasteiger partial charge on any atom is -0.395 e. The summed E-state index contributed by atoms with van der Waals surface area (Å²) in [4.78, 5) is 0. The maximum absolute atomic E-state index is 10.1. The smallest absolute Gasteiger partial charge is 0.0950 e. The van der Waals surface area contributed by atoms with Crippen LogP contribution in [0.15, 0.2) is 91.0 Å². The van der Waals surface area contributed by atoms with Crippen LogP contribution >= 0.6 is 11.8 Å². The number of benzene rings is 3. The fraction of sp³-hybridized carbons (Fsp3) is 0.250.